The molecule has 0 fully saturated rings. The minimum Gasteiger partial charge on any atom is -0.266 e. The Labute approximate surface area is 107 Å². The number of rotatable bonds is 3. The summed E-state index contributed by atoms with van der Waals surface area (Å²) in [6.07, 6.45) is 1.72. The predicted octanol–water partition coefficient (Wildman–Crippen LogP) is 0.180. The van der Waals surface area contributed by atoms with Crippen LogP contribution >= 0.6 is 0 Å². The first-order chi connectivity index (χ1) is 8.63. The van der Waals surface area contributed by atoms with E-state index in [1.165, 1.54) is 11.1 Å². The Morgan fingerprint density at radius 2 is 2.28 bits per heavy atom. The summed E-state index contributed by atoms with van der Waals surface area (Å²) in [5.74, 6) is 0.788. The van der Waals surface area contributed by atoms with Gasteiger partial charge in [-0.2, -0.15) is 4.90 Å². The molecule has 0 atom stereocenters. The zero-order chi connectivity index (χ0) is 13.1. The van der Waals surface area contributed by atoms with Crippen molar-refractivity contribution in [1.82, 2.24) is 4.90 Å². The number of amides is 1. The fourth-order valence-corrected chi connectivity index (χ4v) is 1.92. The summed E-state index contributed by atoms with van der Waals surface area (Å²) in [6, 6.07) is 6.08. The second-order valence-electron chi connectivity index (χ2n) is 4.37. The highest BCUT2D eigenvalue weighted by Crippen LogP contribution is 2.18. The van der Waals surface area contributed by atoms with Crippen LogP contribution in [0.25, 0.3) is 0 Å². The van der Waals surface area contributed by atoms with Gasteiger partial charge in [0, 0.05) is 0 Å². The molecule has 0 radical (unpaired) electrons. The van der Waals surface area contributed by atoms with Gasteiger partial charge >= 0.3 is 11.9 Å². The van der Waals surface area contributed by atoms with Crippen LogP contribution in [-0.4, -0.2) is 29.9 Å². The van der Waals surface area contributed by atoms with Crippen molar-refractivity contribution in [1.29, 1.82) is 0 Å². The maximum Gasteiger partial charge on any atom is 0.358 e. The van der Waals surface area contributed by atoms with Gasteiger partial charge in [0.05, 0.1) is 6.54 Å². The van der Waals surface area contributed by atoms with Crippen molar-refractivity contribution in [2.24, 2.45) is 0 Å². The van der Waals surface area contributed by atoms with Gasteiger partial charge < -0.3 is 0 Å². The van der Waals surface area contributed by atoms with Crippen LogP contribution in [0.1, 0.15) is 11.1 Å². The lowest BCUT2D eigenvalue weighted by atomic mass is 10.1. The van der Waals surface area contributed by atoms with Crippen molar-refractivity contribution in [2.45, 2.75) is 13.8 Å². The standard InChI is InChI=1S/C14H17N3O/c1-4-8-17-13(18)9-15-14(17)16-12-7-5-6-10(2)11(12)3/h4-7H,1,8-9H2,2-3H3,(H,15,16)/p+1. The first kappa shape index (κ1) is 12.4. The molecule has 1 amide bonds. The van der Waals surface area contributed by atoms with Crippen molar-refractivity contribution in [3.05, 3.63) is 42.0 Å². The van der Waals surface area contributed by atoms with Gasteiger partial charge in [-0.25, -0.2) is 5.32 Å². The van der Waals surface area contributed by atoms with E-state index in [9.17, 15) is 4.79 Å². The molecule has 0 spiro atoms. The van der Waals surface area contributed by atoms with Gasteiger partial charge in [-0.05, 0) is 31.0 Å². The second kappa shape index (κ2) is 5.04. The molecule has 94 valence electrons. The second-order valence-corrected chi connectivity index (χ2v) is 4.37. The fourth-order valence-electron chi connectivity index (χ4n) is 1.92. The molecule has 0 saturated heterocycles. The van der Waals surface area contributed by atoms with E-state index in [1.807, 2.05) is 12.1 Å². The molecule has 1 heterocycles. The molecule has 0 aromatic heterocycles. The number of carbonyl (C=O) groups excluding carboxylic acids is 1. The van der Waals surface area contributed by atoms with Crippen molar-refractivity contribution in [3.8, 4) is 0 Å². The van der Waals surface area contributed by atoms with E-state index in [0.717, 1.165) is 11.6 Å². The molecule has 1 aromatic carbocycles. The maximum atomic E-state index is 11.7. The summed E-state index contributed by atoms with van der Waals surface area (Å²) >= 11 is 0. The summed E-state index contributed by atoms with van der Waals surface area (Å²) in [4.78, 5) is 16.4. The maximum absolute atomic E-state index is 11.7. The number of aryl methyl sites for hydroxylation is 1. The van der Waals surface area contributed by atoms with Crippen molar-refractivity contribution < 1.29 is 9.79 Å². The zero-order valence-electron chi connectivity index (χ0n) is 10.8. The Kier molecular flexibility index (Phi) is 3.46. The fraction of sp³-hybridized carbons (Fsp3) is 0.286. The first-order valence-electron chi connectivity index (χ1n) is 5.99. The Hall–Kier alpha value is -2.10. The van der Waals surface area contributed by atoms with Gasteiger partial charge in [-0.1, -0.05) is 24.8 Å². The molecule has 0 saturated carbocycles. The van der Waals surface area contributed by atoms with Crippen LogP contribution in [0.4, 0.5) is 5.69 Å². The molecule has 1 aliphatic heterocycles. The SMILES string of the molecule is C=CCN1C(=O)C[NH+]=C1Nc1cccc(C)c1C. The number of nitrogens with zero attached hydrogens (tertiary/aromatic N) is 1. The monoisotopic (exact) mass is 244 g/mol. The molecule has 0 aliphatic carbocycles. The van der Waals surface area contributed by atoms with Gasteiger partial charge in [0.2, 0.25) is 0 Å². The van der Waals surface area contributed by atoms with Crippen LogP contribution < -0.4 is 10.3 Å². The minimum absolute atomic E-state index is 0.0581. The summed E-state index contributed by atoms with van der Waals surface area (Å²) in [7, 11) is 0. The quantitative estimate of drug-likeness (QED) is 0.745. The summed E-state index contributed by atoms with van der Waals surface area (Å²) in [5, 5.41) is 3.28. The van der Waals surface area contributed by atoms with Crippen LogP contribution in [-0.2, 0) is 4.79 Å². The molecule has 0 unspecified atom stereocenters. The van der Waals surface area contributed by atoms with Crippen LogP contribution in [0.15, 0.2) is 30.9 Å². The number of hydrogen-bond donors (Lipinski definition) is 2. The highest BCUT2D eigenvalue weighted by Gasteiger charge is 2.31. The van der Waals surface area contributed by atoms with Gasteiger partial charge in [0.1, 0.15) is 5.69 Å². The molecule has 2 N–H and O–H groups in total. The smallest absolute Gasteiger partial charge is 0.266 e. The normalized spacial score (nSPS) is 14.7. The van der Waals surface area contributed by atoms with Crippen LogP contribution in [0.5, 0.6) is 0 Å². The van der Waals surface area contributed by atoms with Crippen molar-refractivity contribution in [2.75, 3.05) is 18.4 Å². The Bertz CT molecular complexity index is 520. The number of anilines is 1. The highest BCUT2D eigenvalue weighted by atomic mass is 16.2. The molecule has 4 heteroatoms. The van der Waals surface area contributed by atoms with E-state index in [4.69, 9.17) is 0 Å². The van der Waals surface area contributed by atoms with E-state index in [0.29, 0.717) is 13.1 Å². The van der Waals surface area contributed by atoms with Crippen molar-refractivity contribution in [3.63, 3.8) is 0 Å². The number of guanidine groups is 1. The lowest BCUT2D eigenvalue weighted by molar-refractivity contribution is -0.438. The van der Waals surface area contributed by atoms with E-state index in [-0.39, 0.29) is 5.91 Å². The topological polar surface area (TPSA) is 46.3 Å². The molecular weight excluding hydrogens is 226 g/mol. The lowest BCUT2D eigenvalue weighted by Gasteiger charge is -2.12. The van der Waals surface area contributed by atoms with Gasteiger partial charge in [0.15, 0.2) is 6.54 Å². The number of hydrogen-bond acceptors (Lipinski definition) is 2. The molecular formula is C14H18N3O+. The van der Waals surface area contributed by atoms with Gasteiger partial charge in [-0.15, -0.1) is 0 Å². The summed E-state index contributed by atoms with van der Waals surface area (Å²) < 4.78 is 0. The van der Waals surface area contributed by atoms with E-state index in [1.54, 1.807) is 11.0 Å². The third kappa shape index (κ3) is 2.27. The van der Waals surface area contributed by atoms with Crippen LogP contribution in [0, 0.1) is 13.8 Å². The van der Waals surface area contributed by atoms with E-state index in [2.05, 4.69) is 36.8 Å². The van der Waals surface area contributed by atoms with Gasteiger partial charge in [0.25, 0.3) is 0 Å². The van der Waals surface area contributed by atoms with Crippen LogP contribution in [0.2, 0.25) is 0 Å². The Morgan fingerprint density at radius 3 is 3.00 bits per heavy atom. The third-order valence-electron chi connectivity index (χ3n) is 3.15. The number of nitrogens with one attached hydrogen (secondary N) is 2. The van der Waals surface area contributed by atoms with Gasteiger partial charge in [-0.3, -0.25) is 9.79 Å². The first-order valence-corrected chi connectivity index (χ1v) is 5.99. The van der Waals surface area contributed by atoms with E-state index < -0.39 is 0 Å². The third-order valence-corrected chi connectivity index (χ3v) is 3.15. The number of benzene rings is 1. The van der Waals surface area contributed by atoms with Crippen molar-refractivity contribution >= 4 is 17.6 Å². The summed E-state index contributed by atoms with van der Waals surface area (Å²) in [6.45, 7) is 8.65. The number of carbonyl (C=O) groups is 1. The van der Waals surface area contributed by atoms with Crippen LogP contribution in [0.3, 0.4) is 0 Å². The molecule has 4 nitrogen and oxygen atoms in total. The summed E-state index contributed by atoms with van der Waals surface area (Å²) in [5.41, 5.74) is 3.42. The van der Waals surface area contributed by atoms with E-state index >= 15 is 0 Å². The lowest BCUT2D eigenvalue weighted by Crippen LogP contribution is -2.72. The molecule has 1 aliphatic rings. The molecule has 2 rings (SSSR count). The largest absolute Gasteiger partial charge is 0.358 e. The molecule has 18 heavy (non-hydrogen) atoms. The predicted molar refractivity (Wildman–Crippen MR) is 72.3 cm³/mol. The Balaban J connectivity index is 2.21. The molecule has 1 aromatic rings. The average molecular weight is 244 g/mol. The minimum atomic E-state index is 0.0581. The highest BCUT2D eigenvalue weighted by molar-refractivity contribution is 6.04. The average Bonchev–Trinajstić information content (AvgIpc) is 2.68. The zero-order valence-corrected chi connectivity index (χ0v) is 10.8. The Morgan fingerprint density at radius 1 is 1.50 bits per heavy atom. The molecule has 0 bridgehead atoms.